The van der Waals surface area contributed by atoms with Crippen molar-refractivity contribution < 1.29 is 2.85 Å². The Bertz CT molecular complexity index is 877. The van der Waals surface area contributed by atoms with Gasteiger partial charge in [0.15, 0.2) is 0 Å². The van der Waals surface area contributed by atoms with Crippen LogP contribution >= 0.6 is 0 Å². The molecule has 1 aliphatic carbocycles. The number of benzene rings is 1. The van der Waals surface area contributed by atoms with Gasteiger partial charge >= 0.3 is 0 Å². The maximum Gasteiger partial charge on any atom is 0.222 e. The molecule has 0 aliphatic heterocycles. The van der Waals surface area contributed by atoms with E-state index in [1.165, 1.54) is 11.1 Å². The first-order valence-electron chi connectivity index (χ1n) is 6.94. The topological polar surface area (TPSA) is 50.7 Å². The van der Waals surface area contributed by atoms with Crippen LogP contribution in [0.2, 0.25) is 0 Å². The van der Waals surface area contributed by atoms with Gasteiger partial charge in [-0.3, -0.25) is 4.98 Å². The van der Waals surface area contributed by atoms with Gasteiger partial charge in [0.2, 0.25) is 5.95 Å². The van der Waals surface area contributed by atoms with Gasteiger partial charge in [0, 0.05) is 39.7 Å². The predicted octanol–water partition coefficient (Wildman–Crippen LogP) is 3.55. The van der Waals surface area contributed by atoms with Crippen LogP contribution in [0.25, 0.3) is 16.5 Å². The monoisotopic (exact) mass is 278 g/mol. The summed E-state index contributed by atoms with van der Waals surface area (Å²) in [6, 6.07) is 10.4. The number of pyridine rings is 1. The summed E-state index contributed by atoms with van der Waals surface area (Å²) in [5.41, 5.74) is 5.61. The van der Waals surface area contributed by atoms with Crippen LogP contribution in [0.3, 0.4) is 0 Å². The van der Waals surface area contributed by atoms with E-state index in [0.717, 1.165) is 28.6 Å². The number of aromatic nitrogens is 3. The van der Waals surface area contributed by atoms with Crippen molar-refractivity contribution in [3.05, 3.63) is 65.6 Å². The minimum atomic E-state index is 0. The Morgan fingerprint density at radius 3 is 3.05 bits per heavy atom. The molecule has 1 aliphatic rings. The number of hydrogen-bond acceptors (Lipinski definition) is 4. The van der Waals surface area contributed by atoms with E-state index in [4.69, 9.17) is 0 Å². The highest BCUT2D eigenvalue weighted by molar-refractivity contribution is 5.89. The van der Waals surface area contributed by atoms with Crippen molar-refractivity contribution in [2.45, 2.75) is 6.42 Å². The molecule has 106 valence electrons. The fraction of sp³-hybridized carbons (Fsp3) is 0.118. The summed E-state index contributed by atoms with van der Waals surface area (Å²) in [5.74, 6) is 0.672. The Morgan fingerprint density at radius 1 is 1.19 bits per heavy atom. The SMILES string of the molecule is CNc1ncc2c(n1)CC=C2c1ccc2ncccc2c1.[HH].[HH]. The van der Waals surface area contributed by atoms with E-state index in [2.05, 4.69) is 50.6 Å². The van der Waals surface area contributed by atoms with Gasteiger partial charge in [-0.05, 0) is 29.3 Å². The lowest BCUT2D eigenvalue weighted by Crippen LogP contribution is -2.00. The van der Waals surface area contributed by atoms with E-state index < -0.39 is 0 Å². The van der Waals surface area contributed by atoms with E-state index in [-0.39, 0.29) is 2.85 Å². The molecule has 3 aromatic rings. The molecule has 0 spiro atoms. The third kappa shape index (κ3) is 1.96. The molecule has 0 atom stereocenters. The van der Waals surface area contributed by atoms with E-state index in [1.807, 2.05) is 25.5 Å². The molecule has 0 saturated heterocycles. The number of anilines is 1. The summed E-state index contributed by atoms with van der Waals surface area (Å²) in [7, 11) is 1.83. The van der Waals surface area contributed by atoms with E-state index in [0.29, 0.717) is 5.95 Å². The van der Waals surface area contributed by atoms with Crippen molar-refractivity contribution in [3.63, 3.8) is 0 Å². The highest BCUT2D eigenvalue weighted by Gasteiger charge is 2.18. The molecule has 1 N–H and O–H groups in total. The number of fused-ring (bicyclic) bond motifs is 2. The van der Waals surface area contributed by atoms with Gasteiger partial charge in [-0.25, -0.2) is 9.97 Å². The van der Waals surface area contributed by atoms with Crippen LogP contribution in [0, 0.1) is 0 Å². The Kier molecular flexibility index (Phi) is 2.67. The average Bonchev–Trinajstić information content (AvgIpc) is 2.97. The van der Waals surface area contributed by atoms with Gasteiger partial charge in [0.1, 0.15) is 0 Å². The quantitative estimate of drug-likeness (QED) is 0.779. The molecule has 1 aromatic carbocycles. The summed E-state index contributed by atoms with van der Waals surface area (Å²) in [5, 5.41) is 4.13. The molecule has 4 heteroatoms. The zero-order valence-electron chi connectivity index (χ0n) is 11.7. The molecule has 0 unspecified atom stereocenters. The van der Waals surface area contributed by atoms with E-state index >= 15 is 0 Å². The maximum absolute atomic E-state index is 4.52. The molecule has 2 heterocycles. The molecule has 21 heavy (non-hydrogen) atoms. The Morgan fingerprint density at radius 2 is 2.14 bits per heavy atom. The molecule has 0 amide bonds. The average molecular weight is 278 g/mol. The number of nitrogens with zero attached hydrogens (tertiary/aromatic N) is 3. The first-order chi connectivity index (χ1) is 10.3. The number of hydrogen-bond donors (Lipinski definition) is 1. The number of nitrogens with one attached hydrogen (secondary N) is 1. The van der Waals surface area contributed by atoms with Gasteiger partial charge in [-0.2, -0.15) is 0 Å². The van der Waals surface area contributed by atoms with Crippen LogP contribution in [0.5, 0.6) is 0 Å². The molecule has 0 saturated carbocycles. The normalized spacial score (nSPS) is 13.1. The fourth-order valence-electron chi connectivity index (χ4n) is 2.74. The van der Waals surface area contributed by atoms with Crippen LogP contribution in [-0.2, 0) is 6.42 Å². The van der Waals surface area contributed by atoms with Gasteiger partial charge in [-0.15, -0.1) is 0 Å². The minimum absolute atomic E-state index is 0. The van der Waals surface area contributed by atoms with Crippen molar-refractivity contribution in [2.24, 2.45) is 0 Å². The standard InChI is InChI=1S/C17H14N4.2H2/c1-18-17-20-10-14-13(5-7-16(14)21-17)11-4-6-15-12(9-11)3-2-8-19-15;;/h2-6,8-10H,7H2,1H3,(H,18,20,21);2*1H. The fourth-order valence-corrected chi connectivity index (χ4v) is 2.74. The van der Waals surface area contributed by atoms with Crippen molar-refractivity contribution >= 4 is 22.4 Å². The lowest BCUT2D eigenvalue weighted by molar-refractivity contribution is 1.06. The molecule has 0 fully saturated rings. The summed E-state index contributed by atoms with van der Waals surface area (Å²) in [6.07, 6.45) is 6.79. The molecule has 2 aromatic heterocycles. The van der Waals surface area contributed by atoms with E-state index in [1.54, 1.807) is 0 Å². The largest absolute Gasteiger partial charge is 0.357 e. The third-order valence-corrected chi connectivity index (χ3v) is 3.80. The van der Waals surface area contributed by atoms with Crippen molar-refractivity contribution in [2.75, 3.05) is 12.4 Å². The molecule has 0 radical (unpaired) electrons. The van der Waals surface area contributed by atoms with Crippen molar-refractivity contribution in [1.82, 2.24) is 15.0 Å². The number of rotatable bonds is 2. The van der Waals surface area contributed by atoms with E-state index in [9.17, 15) is 0 Å². The van der Waals surface area contributed by atoms with Crippen LogP contribution in [0.1, 0.15) is 19.7 Å². The Hall–Kier alpha value is -2.75. The molecular weight excluding hydrogens is 260 g/mol. The Balaban J connectivity index is 0.000000960. The minimum Gasteiger partial charge on any atom is -0.357 e. The van der Waals surface area contributed by atoms with Gasteiger partial charge in [0.25, 0.3) is 0 Å². The lowest BCUT2D eigenvalue weighted by Gasteiger charge is -2.07. The highest BCUT2D eigenvalue weighted by atomic mass is 15.1. The molecule has 4 nitrogen and oxygen atoms in total. The van der Waals surface area contributed by atoms with Crippen LogP contribution in [0.15, 0.2) is 48.8 Å². The van der Waals surface area contributed by atoms with Crippen LogP contribution < -0.4 is 5.32 Å². The maximum atomic E-state index is 4.52. The zero-order chi connectivity index (χ0) is 14.2. The summed E-state index contributed by atoms with van der Waals surface area (Å²) in [6.45, 7) is 0. The summed E-state index contributed by atoms with van der Waals surface area (Å²) >= 11 is 0. The van der Waals surface area contributed by atoms with Crippen molar-refractivity contribution in [3.8, 4) is 0 Å². The predicted molar refractivity (Wildman–Crippen MR) is 88.3 cm³/mol. The zero-order valence-corrected chi connectivity index (χ0v) is 11.7. The number of allylic oxidation sites excluding steroid dienone is 1. The molecular formula is C17H18N4. The first kappa shape index (κ1) is 12.0. The molecule has 0 bridgehead atoms. The van der Waals surface area contributed by atoms with Gasteiger partial charge < -0.3 is 5.32 Å². The van der Waals surface area contributed by atoms with Crippen LogP contribution in [-0.4, -0.2) is 22.0 Å². The van der Waals surface area contributed by atoms with Gasteiger partial charge in [0.05, 0.1) is 11.2 Å². The highest BCUT2D eigenvalue weighted by Crippen LogP contribution is 2.32. The van der Waals surface area contributed by atoms with Crippen molar-refractivity contribution in [1.29, 1.82) is 0 Å². The van der Waals surface area contributed by atoms with Crippen LogP contribution in [0.4, 0.5) is 5.95 Å². The smallest absolute Gasteiger partial charge is 0.222 e. The summed E-state index contributed by atoms with van der Waals surface area (Å²) in [4.78, 5) is 13.2. The second-order valence-electron chi connectivity index (χ2n) is 5.04. The first-order valence-corrected chi connectivity index (χ1v) is 6.94. The second-order valence-corrected chi connectivity index (χ2v) is 5.04. The molecule has 4 rings (SSSR count). The lowest BCUT2D eigenvalue weighted by atomic mass is 10.0. The van der Waals surface area contributed by atoms with Gasteiger partial charge in [-0.1, -0.05) is 18.2 Å². The summed E-state index contributed by atoms with van der Waals surface area (Å²) < 4.78 is 0. The third-order valence-electron chi connectivity index (χ3n) is 3.80. The Labute approximate surface area is 125 Å². The second kappa shape index (κ2) is 4.66.